The highest BCUT2D eigenvalue weighted by atomic mass is 32.1. The van der Waals surface area contributed by atoms with Crippen LogP contribution >= 0.6 is 11.3 Å². The average Bonchev–Trinajstić information content (AvgIpc) is 3.45. The molecule has 8 nitrogen and oxygen atoms in total. The molecule has 1 aliphatic heterocycles. The molecular formula is C25H22N2O6S. The predicted octanol–water partition coefficient (Wildman–Crippen LogP) is 4.40. The molecule has 1 amide bonds. The van der Waals surface area contributed by atoms with Gasteiger partial charge in [0.2, 0.25) is 5.88 Å². The Morgan fingerprint density at radius 3 is 2.50 bits per heavy atom. The number of amides is 1. The molecule has 0 radical (unpaired) electrons. The number of carboxylic acid groups (broad SMARTS) is 1. The first-order chi connectivity index (χ1) is 16.3. The van der Waals surface area contributed by atoms with E-state index in [0.717, 1.165) is 11.1 Å². The van der Waals surface area contributed by atoms with Crippen LogP contribution in [0, 0.1) is 5.92 Å². The molecule has 1 aromatic carbocycles. The van der Waals surface area contributed by atoms with E-state index in [4.69, 9.17) is 9.84 Å². The summed E-state index contributed by atoms with van der Waals surface area (Å²) in [5, 5.41) is 23.8. The second-order valence-electron chi connectivity index (χ2n) is 8.00. The molecule has 174 valence electrons. The molecular weight excluding hydrogens is 456 g/mol. The van der Waals surface area contributed by atoms with E-state index in [1.165, 1.54) is 11.1 Å². The van der Waals surface area contributed by atoms with Crippen molar-refractivity contribution in [3.8, 4) is 17.0 Å². The maximum absolute atomic E-state index is 13.2. The van der Waals surface area contributed by atoms with Gasteiger partial charge in [-0.15, -0.1) is 0 Å². The Kier molecular flexibility index (Phi) is 6.47. The number of rotatable bonds is 8. The van der Waals surface area contributed by atoms with Crippen LogP contribution < -0.4 is 9.64 Å². The van der Waals surface area contributed by atoms with Gasteiger partial charge in [-0.1, -0.05) is 26.0 Å². The van der Waals surface area contributed by atoms with Crippen LogP contribution in [0.25, 0.3) is 11.1 Å². The number of hydrogen-bond acceptors (Lipinski definition) is 7. The minimum atomic E-state index is -1.20. The van der Waals surface area contributed by atoms with Gasteiger partial charge in [-0.2, -0.15) is 11.3 Å². The molecule has 9 heteroatoms. The summed E-state index contributed by atoms with van der Waals surface area (Å²) in [5.41, 5.74) is 2.67. The average molecular weight is 479 g/mol. The maximum atomic E-state index is 13.2. The van der Waals surface area contributed by atoms with Gasteiger partial charge in [0.1, 0.15) is 6.04 Å². The largest absolute Gasteiger partial charge is 0.503 e. The molecule has 0 saturated heterocycles. The van der Waals surface area contributed by atoms with Crippen LogP contribution in [-0.4, -0.2) is 39.5 Å². The number of carbonyl (C=O) groups is 3. The number of carbonyl (C=O) groups excluding carboxylic acids is 2. The summed E-state index contributed by atoms with van der Waals surface area (Å²) in [6.45, 7) is 2.70. The molecule has 3 aromatic rings. The van der Waals surface area contributed by atoms with Crippen molar-refractivity contribution in [2.75, 3.05) is 11.5 Å². The highest BCUT2D eigenvalue weighted by molar-refractivity contribution is 7.08. The lowest BCUT2D eigenvalue weighted by molar-refractivity contribution is -0.139. The van der Waals surface area contributed by atoms with Crippen LogP contribution in [0.3, 0.4) is 0 Å². The first-order valence-corrected chi connectivity index (χ1v) is 11.5. The van der Waals surface area contributed by atoms with Gasteiger partial charge in [0.25, 0.3) is 5.91 Å². The van der Waals surface area contributed by atoms with Crippen molar-refractivity contribution in [2.45, 2.75) is 19.9 Å². The highest BCUT2D eigenvalue weighted by Gasteiger charge is 2.46. The predicted molar refractivity (Wildman–Crippen MR) is 127 cm³/mol. The van der Waals surface area contributed by atoms with E-state index >= 15 is 0 Å². The van der Waals surface area contributed by atoms with E-state index in [9.17, 15) is 19.5 Å². The molecule has 34 heavy (non-hydrogen) atoms. The first-order valence-electron chi connectivity index (χ1n) is 10.5. The standard InChI is InChI=1S/C25H22N2O6S/c1-14(2)22(30)20-21(18-4-3-10-26-24(18)33-12-19(28)29)27(25(32)23(20)31)17-7-5-15(6-8-17)16-9-11-34-13-16/h3-11,13-14,21,31H,12H2,1-2H3,(H,28,29). The number of aliphatic hydroxyl groups is 1. The van der Waals surface area contributed by atoms with Gasteiger partial charge in [-0.05, 0) is 52.2 Å². The van der Waals surface area contributed by atoms with Gasteiger partial charge >= 0.3 is 5.97 Å². The minimum absolute atomic E-state index is 0.0358. The summed E-state index contributed by atoms with van der Waals surface area (Å²) in [7, 11) is 0. The van der Waals surface area contributed by atoms with Gasteiger partial charge in [-0.3, -0.25) is 14.5 Å². The molecule has 0 fully saturated rings. The smallest absolute Gasteiger partial charge is 0.341 e. The zero-order valence-electron chi connectivity index (χ0n) is 18.5. The zero-order valence-corrected chi connectivity index (χ0v) is 19.3. The first kappa shape index (κ1) is 23.2. The van der Waals surface area contributed by atoms with Crippen molar-refractivity contribution < 1.29 is 29.3 Å². The Labute approximate surface area is 199 Å². The fourth-order valence-electron chi connectivity index (χ4n) is 3.83. The summed E-state index contributed by atoms with van der Waals surface area (Å²) in [6, 6.07) is 11.3. The van der Waals surface area contributed by atoms with Gasteiger partial charge in [0.05, 0.1) is 5.57 Å². The number of pyridine rings is 1. The molecule has 0 saturated carbocycles. The number of thiophene rings is 1. The number of anilines is 1. The lowest BCUT2D eigenvalue weighted by atomic mass is 9.91. The van der Waals surface area contributed by atoms with Gasteiger partial charge in [-0.25, -0.2) is 9.78 Å². The number of hydrogen-bond donors (Lipinski definition) is 2. The lowest BCUT2D eigenvalue weighted by Gasteiger charge is -2.28. The third-order valence-corrected chi connectivity index (χ3v) is 6.11. The van der Waals surface area contributed by atoms with Crippen LogP contribution in [0.5, 0.6) is 5.88 Å². The molecule has 4 rings (SSSR count). The summed E-state index contributed by atoms with van der Waals surface area (Å²) in [4.78, 5) is 42.8. The van der Waals surface area contributed by atoms with Gasteiger partial charge in [0, 0.05) is 23.4 Å². The van der Waals surface area contributed by atoms with Crippen molar-refractivity contribution in [3.63, 3.8) is 0 Å². The molecule has 0 bridgehead atoms. The van der Waals surface area contributed by atoms with Crippen LogP contribution in [0.4, 0.5) is 5.69 Å². The van der Waals surface area contributed by atoms with Crippen molar-refractivity contribution in [1.29, 1.82) is 0 Å². The monoisotopic (exact) mass is 478 g/mol. The quantitative estimate of drug-likeness (QED) is 0.493. The Morgan fingerprint density at radius 1 is 1.15 bits per heavy atom. The van der Waals surface area contributed by atoms with E-state index in [2.05, 4.69) is 4.98 Å². The molecule has 1 unspecified atom stereocenters. The number of carboxylic acids is 1. The second kappa shape index (κ2) is 9.48. The Bertz CT molecular complexity index is 1260. The fourth-order valence-corrected chi connectivity index (χ4v) is 4.50. The van der Waals surface area contributed by atoms with Crippen molar-refractivity contribution in [1.82, 2.24) is 4.98 Å². The molecule has 1 atom stereocenters. The SMILES string of the molecule is CC(C)C(=O)C1=C(O)C(=O)N(c2ccc(-c3ccsc3)cc2)C1c1cccnc1OCC(=O)O. The molecule has 0 aliphatic carbocycles. The van der Waals surface area contributed by atoms with Crippen molar-refractivity contribution in [2.24, 2.45) is 5.92 Å². The summed E-state index contributed by atoms with van der Waals surface area (Å²) in [5.74, 6) is -3.50. The number of Topliss-reactive ketones (excluding diaryl/α,β-unsaturated/α-hetero) is 1. The summed E-state index contributed by atoms with van der Waals surface area (Å²) >= 11 is 1.57. The number of aliphatic carboxylic acids is 1. The summed E-state index contributed by atoms with van der Waals surface area (Å²) in [6.07, 6.45) is 1.42. The van der Waals surface area contributed by atoms with Crippen LogP contribution in [0.15, 0.2) is 70.8 Å². The normalized spacial score (nSPS) is 15.8. The molecule has 1 aliphatic rings. The number of ketones is 1. The third kappa shape index (κ3) is 4.29. The highest BCUT2D eigenvalue weighted by Crippen LogP contribution is 2.44. The maximum Gasteiger partial charge on any atom is 0.341 e. The topological polar surface area (TPSA) is 117 Å². The third-order valence-electron chi connectivity index (χ3n) is 5.43. The Balaban J connectivity index is 1.83. The van der Waals surface area contributed by atoms with E-state index in [0.29, 0.717) is 11.3 Å². The van der Waals surface area contributed by atoms with Crippen molar-refractivity contribution >= 4 is 34.7 Å². The number of aromatic nitrogens is 1. The van der Waals surface area contributed by atoms with Crippen molar-refractivity contribution in [3.05, 3.63) is 76.3 Å². The molecule has 0 spiro atoms. The second-order valence-corrected chi connectivity index (χ2v) is 8.78. The van der Waals surface area contributed by atoms with Crippen LogP contribution in [-0.2, 0) is 14.4 Å². The number of nitrogens with zero attached hydrogens (tertiary/aromatic N) is 2. The molecule has 3 heterocycles. The Morgan fingerprint density at radius 2 is 1.88 bits per heavy atom. The number of aliphatic hydroxyl groups excluding tert-OH is 1. The summed E-state index contributed by atoms with van der Waals surface area (Å²) < 4.78 is 5.36. The fraction of sp³-hybridized carbons (Fsp3) is 0.200. The zero-order chi connectivity index (χ0) is 24.4. The Hall–Kier alpha value is -3.98. The van der Waals surface area contributed by atoms with Gasteiger partial charge < -0.3 is 14.9 Å². The van der Waals surface area contributed by atoms with E-state index in [1.807, 2.05) is 29.0 Å². The van der Waals surface area contributed by atoms with E-state index in [1.54, 1.807) is 49.4 Å². The van der Waals surface area contributed by atoms with Crippen LogP contribution in [0.2, 0.25) is 0 Å². The van der Waals surface area contributed by atoms with E-state index < -0.39 is 42.0 Å². The van der Waals surface area contributed by atoms with Gasteiger partial charge in [0.15, 0.2) is 18.1 Å². The molecule has 2 N–H and O–H groups in total. The molecule has 2 aromatic heterocycles. The van der Waals surface area contributed by atoms with E-state index in [-0.39, 0.29) is 11.5 Å². The number of benzene rings is 1. The minimum Gasteiger partial charge on any atom is -0.503 e. The van der Waals surface area contributed by atoms with Crippen LogP contribution in [0.1, 0.15) is 25.5 Å². The number of ether oxygens (including phenoxy) is 1. The lowest BCUT2D eigenvalue weighted by Crippen LogP contribution is -2.32.